The number of rotatable bonds is 1. The van der Waals surface area contributed by atoms with Gasteiger partial charge in [-0.1, -0.05) is 29.6 Å². The van der Waals surface area contributed by atoms with E-state index in [0.717, 1.165) is 21.4 Å². The Balaban J connectivity index is 2.67. The quantitative estimate of drug-likeness (QED) is 0.751. The van der Waals surface area contributed by atoms with Crippen LogP contribution in [0.5, 0.6) is 0 Å². The van der Waals surface area contributed by atoms with Crippen molar-refractivity contribution in [1.29, 1.82) is 0 Å². The first-order chi connectivity index (χ1) is 6.16. The van der Waals surface area contributed by atoms with Gasteiger partial charge >= 0.3 is 0 Å². The van der Waals surface area contributed by atoms with Crippen LogP contribution in [0.25, 0.3) is 15.8 Å². The molecule has 0 amide bonds. The van der Waals surface area contributed by atoms with Gasteiger partial charge in [0.2, 0.25) is 0 Å². The van der Waals surface area contributed by atoms with Gasteiger partial charge in [-0.2, -0.15) is 0 Å². The van der Waals surface area contributed by atoms with Gasteiger partial charge in [0.05, 0.1) is 10.2 Å². The number of nitrogens with zero attached hydrogens (tertiary/aromatic N) is 1. The topological polar surface area (TPSA) is 38.9 Å². The Morgan fingerprint density at radius 1 is 1.54 bits per heavy atom. The van der Waals surface area contributed by atoms with E-state index in [-0.39, 0.29) is 0 Å². The molecule has 13 heavy (non-hydrogen) atoms. The number of allylic oxidation sites excluding steroid dienone is 1. The molecule has 3 heteroatoms. The number of nitrogens with two attached hydrogens (primary N) is 1. The van der Waals surface area contributed by atoms with Crippen LogP contribution < -0.4 is 5.73 Å². The first-order valence-electron chi connectivity index (χ1n) is 3.99. The van der Waals surface area contributed by atoms with Crippen LogP contribution in [-0.2, 0) is 0 Å². The maximum absolute atomic E-state index is 5.60. The van der Waals surface area contributed by atoms with Gasteiger partial charge in [-0.25, -0.2) is 4.98 Å². The fourth-order valence-electron chi connectivity index (χ4n) is 1.21. The first kappa shape index (κ1) is 8.26. The van der Waals surface area contributed by atoms with E-state index in [1.54, 1.807) is 0 Å². The van der Waals surface area contributed by atoms with Gasteiger partial charge in [0.15, 0.2) is 5.13 Å². The van der Waals surface area contributed by atoms with E-state index in [1.807, 2.05) is 19.1 Å². The molecule has 2 N–H and O–H groups in total. The monoisotopic (exact) mass is 190 g/mol. The molecule has 0 aliphatic carbocycles. The van der Waals surface area contributed by atoms with Crippen LogP contribution in [0.3, 0.4) is 0 Å². The molecule has 0 saturated heterocycles. The van der Waals surface area contributed by atoms with Gasteiger partial charge in [0.25, 0.3) is 0 Å². The Kier molecular flexibility index (Phi) is 1.81. The van der Waals surface area contributed by atoms with Crippen LogP contribution in [0.1, 0.15) is 12.5 Å². The molecule has 2 nitrogen and oxygen atoms in total. The zero-order valence-corrected chi connectivity index (χ0v) is 8.19. The highest BCUT2D eigenvalue weighted by Gasteiger charge is 2.01. The molecule has 0 spiro atoms. The Morgan fingerprint density at radius 2 is 2.31 bits per heavy atom. The van der Waals surface area contributed by atoms with Crippen LogP contribution in [-0.4, -0.2) is 4.98 Å². The lowest BCUT2D eigenvalue weighted by Gasteiger charge is -1.97. The summed E-state index contributed by atoms with van der Waals surface area (Å²) >= 11 is 1.51. The SMILES string of the molecule is C=C(C)c1ccc2nc(N)sc2c1. The molecule has 0 radical (unpaired) electrons. The van der Waals surface area contributed by atoms with Gasteiger partial charge in [0.1, 0.15) is 0 Å². The number of thiazole rings is 1. The maximum Gasteiger partial charge on any atom is 0.181 e. The molecule has 0 bridgehead atoms. The standard InChI is InChI=1S/C10H10N2S/c1-6(2)7-3-4-8-9(5-7)13-10(11)12-8/h3-5H,1H2,2H3,(H2,11,12). The second kappa shape index (κ2) is 2.85. The maximum atomic E-state index is 5.60. The molecule has 1 heterocycles. The average Bonchev–Trinajstić information content (AvgIpc) is 2.42. The van der Waals surface area contributed by atoms with Crippen molar-refractivity contribution in [3.05, 3.63) is 30.3 Å². The minimum atomic E-state index is 0.619. The normalized spacial score (nSPS) is 10.5. The van der Waals surface area contributed by atoms with Crippen molar-refractivity contribution in [3.63, 3.8) is 0 Å². The Bertz CT molecular complexity index is 471. The highest BCUT2D eigenvalue weighted by Crippen LogP contribution is 2.26. The summed E-state index contributed by atoms with van der Waals surface area (Å²) in [7, 11) is 0. The number of benzene rings is 1. The summed E-state index contributed by atoms with van der Waals surface area (Å²) in [5.41, 5.74) is 8.78. The van der Waals surface area contributed by atoms with Crippen LogP contribution >= 0.6 is 11.3 Å². The smallest absolute Gasteiger partial charge is 0.181 e. The van der Waals surface area contributed by atoms with E-state index < -0.39 is 0 Å². The van der Waals surface area contributed by atoms with Gasteiger partial charge in [-0.15, -0.1) is 0 Å². The molecule has 1 aromatic heterocycles. The molecule has 0 saturated carbocycles. The molecule has 2 aromatic rings. The Labute approximate surface area is 80.7 Å². The van der Waals surface area contributed by atoms with Gasteiger partial charge < -0.3 is 5.73 Å². The predicted octanol–water partition coefficient (Wildman–Crippen LogP) is 2.91. The summed E-state index contributed by atoms with van der Waals surface area (Å²) in [6.45, 7) is 5.88. The molecule has 1 aromatic carbocycles. The average molecular weight is 190 g/mol. The second-order valence-electron chi connectivity index (χ2n) is 3.01. The Hall–Kier alpha value is -1.35. The lowest BCUT2D eigenvalue weighted by molar-refractivity contribution is 1.49. The van der Waals surface area contributed by atoms with E-state index in [1.165, 1.54) is 11.3 Å². The fraction of sp³-hybridized carbons (Fsp3) is 0.100. The van der Waals surface area contributed by atoms with E-state index in [2.05, 4.69) is 17.6 Å². The molecule has 0 aliphatic rings. The molecular weight excluding hydrogens is 180 g/mol. The van der Waals surface area contributed by atoms with Crippen molar-refractivity contribution in [1.82, 2.24) is 4.98 Å². The lowest BCUT2D eigenvalue weighted by atomic mass is 10.1. The third kappa shape index (κ3) is 1.42. The van der Waals surface area contributed by atoms with Crippen LogP contribution in [0.15, 0.2) is 24.8 Å². The number of nitrogen functional groups attached to an aromatic ring is 1. The third-order valence-electron chi connectivity index (χ3n) is 1.90. The van der Waals surface area contributed by atoms with Crippen molar-refractivity contribution >= 4 is 32.3 Å². The lowest BCUT2D eigenvalue weighted by Crippen LogP contribution is -1.79. The van der Waals surface area contributed by atoms with Gasteiger partial charge in [0, 0.05) is 0 Å². The van der Waals surface area contributed by atoms with Crippen molar-refractivity contribution < 1.29 is 0 Å². The van der Waals surface area contributed by atoms with Crippen molar-refractivity contribution in [2.75, 3.05) is 5.73 Å². The second-order valence-corrected chi connectivity index (χ2v) is 4.08. The largest absolute Gasteiger partial charge is 0.375 e. The predicted molar refractivity (Wildman–Crippen MR) is 58.7 cm³/mol. The van der Waals surface area contributed by atoms with Crippen LogP contribution in [0, 0.1) is 0 Å². The number of aromatic nitrogens is 1. The van der Waals surface area contributed by atoms with Crippen LogP contribution in [0.4, 0.5) is 5.13 Å². The molecule has 0 fully saturated rings. The van der Waals surface area contributed by atoms with E-state index in [0.29, 0.717) is 5.13 Å². The molecular formula is C10H10N2S. The molecule has 0 aliphatic heterocycles. The number of fused-ring (bicyclic) bond motifs is 1. The van der Waals surface area contributed by atoms with Gasteiger partial charge in [-0.05, 0) is 24.6 Å². The molecule has 66 valence electrons. The van der Waals surface area contributed by atoms with E-state index in [9.17, 15) is 0 Å². The van der Waals surface area contributed by atoms with Crippen LogP contribution in [0.2, 0.25) is 0 Å². The highest BCUT2D eigenvalue weighted by molar-refractivity contribution is 7.22. The molecule has 2 rings (SSSR count). The molecule has 0 atom stereocenters. The summed E-state index contributed by atoms with van der Waals surface area (Å²) in [6, 6.07) is 6.07. The third-order valence-corrected chi connectivity index (χ3v) is 2.75. The first-order valence-corrected chi connectivity index (χ1v) is 4.80. The zero-order valence-electron chi connectivity index (χ0n) is 7.37. The fourth-order valence-corrected chi connectivity index (χ4v) is 1.98. The summed E-state index contributed by atoms with van der Waals surface area (Å²) in [6.07, 6.45) is 0. The summed E-state index contributed by atoms with van der Waals surface area (Å²) < 4.78 is 1.12. The highest BCUT2D eigenvalue weighted by atomic mass is 32.1. The Morgan fingerprint density at radius 3 is 3.00 bits per heavy atom. The number of hydrogen-bond donors (Lipinski definition) is 1. The van der Waals surface area contributed by atoms with Crippen molar-refractivity contribution in [2.24, 2.45) is 0 Å². The van der Waals surface area contributed by atoms with Crippen molar-refractivity contribution in [3.8, 4) is 0 Å². The van der Waals surface area contributed by atoms with Crippen molar-refractivity contribution in [2.45, 2.75) is 6.92 Å². The number of hydrogen-bond acceptors (Lipinski definition) is 3. The molecule has 0 unspecified atom stereocenters. The van der Waals surface area contributed by atoms with Gasteiger partial charge in [-0.3, -0.25) is 0 Å². The minimum Gasteiger partial charge on any atom is -0.375 e. The van der Waals surface area contributed by atoms with E-state index >= 15 is 0 Å². The summed E-state index contributed by atoms with van der Waals surface area (Å²) in [5.74, 6) is 0. The summed E-state index contributed by atoms with van der Waals surface area (Å²) in [5, 5.41) is 0.619. The minimum absolute atomic E-state index is 0.619. The van der Waals surface area contributed by atoms with E-state index in [4.69, 9.17) is 5.73 Å². The number of anilines is 1. The summed E-state index contributed by atoms with van der Waals surface area (Å²) in [4.78, 5) is 4.18. The zero-order chi connectivity index (χ0) is 9.42.